The lowest BCUT2D eigenvalue weighted by Crippen LogP contribution is -2.25. The zero-order valence-electron chi connectivity index (χ0n) is 12.9. The van der Waals surface area contributed by atoms with E-state index >= 15 is 0 Å². The maximum atomic E-state index is 9.42. The summed E-state index contributed by atoms with van der Waals surface area (Å²) in [4.78, 5) is 0. The summed E-state index contributed by atoms with van der Waals surface area (Å²) in [5.74, 6) is 6.55. The molecule has 0 aliphatic rings. The summed E-state index contributed by atoms with van der Waals surface area (Å²) in [6, 6.07) is 11.2. The zero-order chi connectivity index (χ0) is 14.8. The van der Waals surface area contributed by atoms with Gasteiger partial charge in [-0.05, 0) is 18.5 Å². The van der Waals surface area contributed by atoms with Gasteiger partial charge in [-0.3, -0.25) is 0 Å². The summed E-state index contributed by atoms with van der Waals surface area (Å²) >= 11 is 0. The minimum Gasteiger partial charge on any atom is -0.394 e. The Kier molecular flexibility index (Phi) is 7.61. The quantitative estimate of drug-likeness (QED) is 0.458. The highest BCUT2D eigenvalue weighted by molar-refractivity contribution is 6.76. The molecule has 20 heavy (non-hydrogen) atoms. The number of aliphatic hydroxyl groups is 1. The fourth-order valence-electron chi connectivity index (χ4n) is 1.84. The molecule has 1 aromatic carbocycles. The smallest absolute Gasteiger partial charge is 0.0626 e. The second kappa shape index (κ2) is 8.96. The van der Waals surface area contributed by atoms with Gasteiger partial charge in [0, 0.05) is 12.5 Å². The Bertz CT molecular complexity index is 428. The van der Waals surface area contributed by atoms with Crippen LogP contribution >= 0.6 is 0 Å². The first-order valence-electron chi connectivity index (χ1n) is 7.38. The van der Waals surface area contributed by atoms with Crippen molar-refractivity contribution < 1.29 is 5.11 Å². The van der Waals surface area contributed by atoms with Crippen LogP contribution in [0.5, 0.6) is 0 Å². The van der Waals surface area contributed by atoms with Crippen LogP contribution in [-0.4, -0.2) is 26.3 Å². The molecule has 1 rings (SSSR count). The van der Waals surface area contributed by atoms with Crippen LogP contribution in [0.3, 0.4) is 0 Å². The number of rotatable bonds is 7. The average Bonchev–Trinajstić information content (AvgIpc) is 2.42. The summed E-state index contributed by atoms with van der Waals surface area (Å²) in [7, 11) is -1.02. The number of hydrogen-bond donors (Lipinski definition) is 2. The van der Waals surface area contributed by atoms with Gasteiger partial charge in [-0.1, -0.05) is 50.0 Å². The molecule has 0 heterocycles. The maximum Gasteiger partial charge on any atom is 0.0626 e. The molecule has 0 spiro atoms. The van der Waals surface area contributed by atoms with Crippen LogP contribution in [-0.2, 0) is 0 Å². The van der Waals surface area contributed by atoms with Crippen LogP contribution in [0.1, 0.15) is 24.4 Å². The SMILES string of the molecule is C[Si](C)(C)CC#CCCCN[C@@H](CO)c1ccccc1. The third kappa shape index (κ3) is 7.49. The topological polar surface area (TPSA) is 32.3 Å². The molecule has 0 amide bonds. The second-order valence-corrected chi connectivity index (χ2v) is 11.8. The van der Waals surface area contributed by atoms with Crippen molar-refractivity contribution in [1.29, 1.82) is 0 Å². The summed E-state index contributed by atoms with van der Waals surface area (Å²) in [6.45, 7) is 8.05. The van der Waals surface area contributed by atoms with E-state index in [-0.39, 0.29) is 12.6 Å². The van der Waals surface area contributed by atoms with E-state index in [1.165, 1.54) is 0 Å². The minimum atomic E-state index is -1.02. The van der Waals surface area contributed by atoms with Crippen molar-refractivity contribution in [3.63, 3.8) is 0 Å². The molecular formula is C17H27NOSi. The zero-order valence-corrected chi connectivity index (χ0v) is 13.9. The molecule has 1 atom stereocenters. The van der Waals surface area contributed by atoms with Crippen LogP contribution in [0.25, 0.3) is 0 Å². The van der Waals surface area contributed by atoms with Crippen molar-refractivity contribution in [2.45, 2.75) is 44.6 Å². The van der Waals surface area contributed by atoms with E-state index in [1.54, 1.807) is 0 Å². The van der Waals surface area contributed by atoms with Crippen LogP contribution in [0.4, 0.5) is 0 Å². The van der Waals surface area contributed by atoms with E-state index in [0.717, 1.165) is 31.0 Å². The highest BCUT2D eigenvalue weighted by Crippen LogP contribution is 2.11. The number of benzene rings is 1. The van der Waals surface area contributed by atoms with Crippen LogP contribution in [0.15, 0.2) is 30.3 Å². The van der Waals surface area contributed by atoms with Gasteiger partial charge in [0.05, 0.1) is 20.7 Å². The van der Waals surface area contributed by atoms with E-state index in [1.807, 2.05) is 30.3 Å². The molecule has 0 unspecified atom stereocenters. The first-order valence-corrected chi connectivity index (χ1v) is 11.1. The molecule has 0 saturated heterocycles. The van der Waals surface area contributed by atoms with Gasteiger partial charge in [-0.15, -0.1) is 11.8 Å². The van der Waals surface area contributed by atoms with Gasteiger partial charge in [-0.25, -0.2) is 0 Å². The van der Waals surface area contributed by atoms with Crippen molar-refractivity contribution in [1.82, 2.24) is 5.32 Å². The lowest BCUT2D eigenvalue weighted by Gasteiger charge is -2.16. The third-order valence-corrected chi connectivity index (χ3v) is 4.23. The Morgan fingerprint density at radius 2 is 1.85 bits per heavy atom. The first kappa shape index (κ1) is 17.0. The van der Waals surface area contributed by atoms with Gasteiger partial charge in [0.15, 0.2) is 0 Å². The normalized spacial score (nSPS) is 12.6. The highest BCUT2D eigenvalue weighted by Gasteiger charge is 2.10. The summed E-state index contributed by atoms with van der Waals surface area (Å²) < 4.78 is 0. The Morgan fingerprint density at radius 3 is 2.45 bits per heavy atom. The minimum absolute atomic E-state index is 0.0335. The predicted molar refractivity (Wildman–Crippen MR) is 89.4 cm³/mol. The first-order chi connectivity index (χ1) is 9.53. The standard InChI is InChI=1S/C17H27NOSi/c1-20(2,3)14-10-5-4-9-13-18-17(15-19)16-11-7-6-8-12-16/h6-8,11-12,17-19H,4,9,13-15H2,1-3H3/t17-/m0/s1. The van der Waals surface area contributed by atoms with E-state index < -0.39 is 8.07 Å². The monoisotopic (exact) mass is 289 g/mol. The van der Waals surface area contributed by atoms with Crippen molar-refractivity contribution in [2.75, 3.05) is 13.2 Å². The molecule has 0 bridgehead atoms. The molecule has 2 N–H and O–H groups in total. The van der Waals surface area contributed by atoms with Gasteiger partial charge < -0.3 is 10.4 Å². The fourth-order valence-corrected chi connectivity index (χ4v) is 2.50. The van der Waals surface area contributed by atoms with Crippen molar-refractivity contribution >= 4 is 8.07 Å². The van der Waals surface area contributed by atoms with E-state index in [9.17, 15) is 5.11 Å². The van der Waals surface area contributed by atoms with Crippen LogP contribution in [0, 0.1) is 11.8 Å². The molecule has 0 radical (unpaired) electrons. The average molecular weight is 289 g/mol. The lowest BCUT2D eigenvalue weighted by atomic mass is 10.1. The van der Waals surface area contributed by atoms with Gasteiger partial charge in [0.1, 0.15) is 0 Å². The molecule has 3 heteroatoms. The second-order valence-electron chi connectivity index (χ2n) is 6.29. The van der Waals surface area contributed by atoms with E-state index in [2.05, 4.69) is 36.8 Å². The number of nitrogens with one attached hydrogen (secondary N) is 1. The Morgan fingerprint density at radius 1 is 1.15 bits per heavy atom. The number of hydrogen-bond acceptors (Lipinski definition) is 2. The van der Waals surface area contributed by atoms with Crippen molar-refractivity contribution in [3.8, 4) is 11.8 Å². The highest BCUT2D eigenvalue weighted by atomic mass is 28.3. The van der Waals surface area contributed by atoms with Gasteiger partial charge in [-0.2, -0.15) is 0 Å². The van der Waals surface area contributed by atoms with Crippen molar-refractivity contribution in [2.24, 2.45) is 0 Å². The number of aliphatic hydroxyl groups excluding tert-OH is 1. The Hall–Kier alpha value is -1.08. The molecule has 0 fully saturated rings. The van der Waals surface area contributed by atoms with Gasteiger partial charge in [0.25, 0.3) is 0 Å². The summed E-state index contributed by atoms with van der Waals surface area (Å²) in [6.07, 6.45) is 1.96. The molecule has 1 aromatic rings. The van der Waals surface area contributed by atoms with Crippen LogP contribution in [0.2, 0.25) is 25.7 Å². The molecule has 110 valence electrons. The van der Waals surface area contributed by atoms with Gasteiger partial charge in [0.2, 0.25) is 0 Å². The summed E-state index contributed by atoms with van der Waals surface area (Å²) in [5, 5.41) is 12.8. The summed E-state index contributed by atoms with van der Waals surface area (Å²) in [5.41, 5.74) is 1.14. The lowest BCUT2D eigenvalue weighted by molar-refractivity contribution is 0.244. The Balaban J connectivity index is 2.23. The third-order valence-electron chi connectivity index (χ3n) is 3.00. The molecular weight excluding hydrogens is 262 g/mol. The molecule has 0 aromatic heterocycles. The molecule has 0 saturated carbocycles. The fraction of sp³-hybridized carbons (Fsp3) is 0.529. The Labute approximate surface area is 124 Å². The molecule has 0 aliphatic heterocycles. The molecule has 2 nitrogen and oxygen atoms in total. The van der Waals surface area contributed by atoms with Crippen molar-refractivity contribution in [3.05, 3.63) is 35.9 Å². The number of unbranched alkanes of at least 4 members (excludes halogenated alkanes) is 1. The van der Waals surface area contributed by atoms with Gasteiger partial charge >= 0.3 is 0 Å². The van der Waals surface area contributed by atoms with E-state index in [4.69, 9.17) is 0 Å². The largest absolute Gasteiger partial charge is 0.394 e. The maximum absolute atomic E-state index is 9.42. The van der Waals surface area contributed by atoms with Crippen LogP contribution < -0.4 is 5.32 Å². The molecule has 0 aliphatic carbocycles. The van der Waals surface area contributed by atoms with E-state index in [0.29, 0.717) is 0 Å². The predicted octanol–water partition coefficient (Wildman–Crippen LogP) is 3.43.